The van der Waals surface area contributed by atoms with Crippen LogP contribution in [-0.4, -0.2) is 36.8 Å². The molecule has 2 heterocycles. The van der Waals surface area contributed by atoms with Gasteiger partial charge in [0, 0.05) is 30.2 Å². The number of aliphatic imine (C=N–C) groups is 1. The summed E-state index contributed by atoms with van der Waals surface area (Å²) in [7, 11) is 0. The van der Waals surface area contributed by atoms with Crippen LogP contribution >= 0.6 is 11.3 Å². The van der Waals surface area contributed by atoms with Gasteiger partial charge in [-0.3, -0.25) is 0 Å². The van der Waals surface area contributed by atoms with E-state index in [1.165, 1.54) is 17.1 Å². The highest BCUT2D eigenvalue weighted by molar-refractivity contribution is 7.09. The summed E-state index contributed by atoms with van der Waals surface area (Å²) in [4.78, 5) is 9.62. The smallest absolute Gasteiger partial charge is 0.422 e. The third kappa shape index (κ3) is 7.73. The first-order chi connectivity index (χ1) is 12.5. The molecule has 0 amide bonds. The zero-order chi connectivity index (χ0) is 18.8. The normalized spacial score (nSPS) is 12.1. The van der Waals surface area contributed by atoms with E-state index >= 15 is 0 Å². The van der Waals surface area contributed by atoms with E-state index in [0.717, 1.165) is 25.1 Å². The van der Waals surface area contributed by atoms with E-state index < -0.39 is 12.8 Å². The first kappa shape index (κ1) is 20.0. The molecule has 0 unspecified atom stereocenters. The summed E-state index contributed by atoms with van der Waals surface area (Å²) >= 11 is 1.71. The molecule has 0 spiro atoms. The van der Waals surface area contributed by atoms with Crippen molar-refractivity contribution in [3.8, 4) is 5.88 Å². The molecular formula is C17H21F3N4OS. The van der Waals surface area contributed by atoms with Gasteiger partial charge in [-0.15, -0.1) is 11.3 Å². The molecular weight excluding hydrogens is 365 g/mol. The quantitative estimate of drug-likeness (QED) is 0.539. The van der Waals surface area contributed by atoms with Crippen LogP contribution in [0, 0.1) is 0 Å². The van der Waals surface area contributed by atoms with Crippen molar-refractivity contribution in [3.05, 3.63) is 46.3 Å². The number of pyridine rings is 1. The van der Waals surface area contributed by atoms with E-state index in [2.05, 4.69) is 31.4 Å². The SMILES string of the molecule is CCNC(=NCc1ccc(OCC(F)(F)F)nc1)NCCc1cccs1. The number of aromatic nitrogens is 1. The Labute approximate surface area is 154 Å². The maximum atomic E-state index is 12.1. The van der Waals surface area contributed by atoms with E-state index in [0.29, 0.717) is 12.5 Å². The van der Waals surface area contributed by atoms with Crippen molar-refractivity contribution in [1.82, 2.24) is 15.6 Å². The van der Waals surface area contributed by atoms with Gasteiger partial charge < -0.3 is 15.4 Å². The number of nitrogens with one attached hydrogen (secondary N) is 2. The molecule has 0 saturated carbocycles. The van der Waals surface area contributed by atoms with E-state index in [9.17, 15) is 13.2 Å². The Bertz CT molecular complexity index is 672. The molecule has 2 N–H and O–H groups in total. The summed E-state index contributed by atoms with van der Waals surface area (Å²) in [5.74, 6) is 0.623. The highest BCUT2D eigenvalue weighted by Gasteiger charge is 2.28. The van der Waals surface area contributed by atoms with Crippen LogP contribution in [0.5, 0.6) is 5.88 Å². The number of thiophene rings is 1. The predicted octanol–water partition coefficient (Wildman–Crippen LogP) is 3.38. The number of halogens is 3. The van der Waals surface area contributed by atoms with Crippen molar-refractivity contribution in [3.63, 3.8) is 0 Å². The zero-order valence-corrected chi connectivity index (χ0v) is 15.2. The molecule has 2 aromatic rings. The van der Waals surface area contributed by atoms with Crippen LogP contribution in [0.4, 0.5) is 13.2 Å². The molecule has 26 heavy (non-hydrogen) atoms. The van der Waals surface area contributed by atoms with E-state index in [1.54, 1.807) is 17.4 Å². The molecule has 9 heteroatoms. The van der Waals surface area contributed by atoms with Crippen LogP contribution in [-0.2, 0) is 13.0 Å². The zero-order valence-electron chi connectivity index (χ0n) is 14.3. The van der Waals surface area contributed by atoms with Crippen LogP contribution in [0.3, 0.4) is 0 Å². The molecule has 0 aliphatic carbocycles. The second-order valence-electron chi connectivity index (χ2n) is 5.36. The number of rotatable bonds is 8. The monoisotopic (exact) mass is 386 g/mol. The molecule has 0 aliphatic rings. The van der Waals surface area contributed by atoms with Crippen molar-refractivity contribution in [2.75, 3.05) is 19.7 Å². The largest absolute Gasteiger partial charge is 0.468 e. The van der Waals surface area contributed by atoms with Gasteiger partial charge in [0.1, 0.15) is 0 Å². The molecule has 0 radical (unpaired) electrons. The first-order valence-electron chi connectivity index (χ1n) is 8.15. The van der Waals surface area contributed by atoms with Crippen molar-refractivity contribution >= 4 is 17.3 Å². The first-order valence-corrected chi connectivity index (χ1v) is 9.03. The van der Waals surface area contributed by atoms with Crippen molar-refractivity contribution in [1.29, 1.82) is 0 Å². The number of hydrogen-bond donors (Lipinski definition) is 2. The molecule has 0 fully saturated rings. The summed E-state index contributed by atoms with van der Waals surface area (Å²) in [6.07, 6.45) is -2.00. The number of alkyl halides is 3. The number of nitrogens with zero attached hydrogens (tertiary/aromatic N) is 2. The fourth-order valence-corrected chi connectivity index (χ4v) is 2.73. The Morgan fingerprint density at radius 3 is 2.73 bits per heavy atom. The Kier molecular flexibility index (Phi) is 7.71. The lowest BCUT2D eigenvalue weighted by atomic mass is 10.3. The standard InChI is InChI=1S/C17H21F3N4OS/c1-2-21-16(22-8-7-14-4-3-9-26-14)24-11-13-5-6-15(23-10-13)25-12-17(18,19)20/h3-6,9-10H,2,7-8,11-12H2,1H3,(H2,21,22,24). The minimum atomic E-state index is -4.37. The minimum Gasteiger partial charge on any atom is -0.468 e. The lowest BCUT2D eigenvalue weighted by Gasteiger charge is -2.11. The third-order valence-corrected chi connectivity index (χ3v) is 4.13. The number of hydrogen-bond acceptors (Lipinski definition) is 4. The van der Waals surface area contributed by atoms with Crippen molar-refractivity contribution < 1.29 is 17.9 Å². The van der Waals surface area contributed by atoms with Gasteiger partial charge in [-0.05, 0) is 30.4 Å². The average molecular weight is 386 g/mol. The van der Waals surface area contributed by atoms with Crippen LogP contribution < -0.4 is 15.4 Å². The Morgan fingerprint density at radius 2 is 2.12 bits per heavy atom. The van der Waals surface area contributed by atoms with E-state index in [4.69, 9.17) is 0 Å². The highest BCUT2D eigenvalue weighted by atomic mass is 32.1. The van der Waals surface area contributed by atoms with Gasteiger partial charge in [-0.1, -0.05) is 12.1 Å². The lowest BCUT2D eigenvalue weighted by molar-refractivity contribution is -0.154. The summed E-state index contributed by atoms with van der Waals surface area (Å²) in [5.41, 5.74) is 0.778. The second kappa shape index (κ2) is 10.0. The Balaban J connectivity index is 1.83. The van der Waals surface area contributed by atoms with Gasteiger partial charge in [0.2, 0.25) is 5.88 Å². The summed E-state index contributed by atoms with van der Waals surface area (Å²) in [6.45, 7) is 2.48. The Morgan fingerprint density at radius 1 is 1.27 bits per heavy atom. The van der Waals surface area contributed by atoms with Gasteiger partial charge in [0.25, 0.3) is 0 Å². The summed E-state index contributed by atoms with van der Waals surface area (Å²) in [5, 5.41) is 8.45. The number of guanidine groups is 1. The van der Waals surface area contributed by atoms with Crippen LogP contribution in [0.1, 0.15) is 17.4 Å². The minimum absolute atomic E-state index is 0.0592. The van der Waals surface area contributed by atoms with E-state index in [-0.39, 0.29) is 5.88 Å². The predicted molar refractivity (Wildman–Crippen MR) is 96.6 cm³/mol. The maximum absolute atomic E-state index is 12.1. The lowest BCUT2D eigenvalue weighted by Crippen LogP contribution is -2.38. The molecule has 0 saturated heterocycles. The van der Waals surface area contributed by atoms with Gasteiger partial charge >= 0.3 is 6.18 Å². The summed E-state index contributed by atoms with van der Waals surface area (Å²) < 4.78 is 40.9. The second-order valence-corrected chi connectivity index (χ2v) is 6.39. The molecule has 0 aromatic carbocycles. The van der Waals surface area contributed by atoms with Crippen LogP contribution in [0.2, 0.25) is 0 Å². The maximum Gasteiger partial charge on any atom is 0.422 e. The molecule has 2 rings (SSSR count). The molecule has 0 aliphatic heterocycles. The Hall–Kier alpha value is -2.29. The molecule has 5 nitrogen and oxygen atoms in total. The van der Waals surface area contributed by atoms with Gasteiger partial charge in [0.05, 0.1) is 6.54 Å². The van der Waals surface area contributed by atoms with Crippen molar-refractivity contribution in [2.45, 2.75) is 26.1 Å². The van der Waals surface area contributed by atoms with Crippen LogP contribution in [0.15, 0.2) is 40.8 Å². The third-order valence-electron chi connectivity index (χ3n) is 3.19. The van der Waals surface area contributed by atoms with Crippen molar-refractivity contribution in [2.24, 2.45) is 4.99 Å². The van der Waals surface area contributed by atoms with Gasteiger partial charge in [-0.25, -0.2) is 9.98 Å². The molecule has 0 bridgehead atoms. The molecule has 2 aromatic heterocycles. The summed E-state index contributed by atoms with van der Waals surface area (Å²) in [6, 6.07) is 7.17. The van der Waals surface area contributed by atoms with Gasteiger partial charge in [0.15, 0.2) is 12.6 Å². The average Bonchev–Trinajstić information content (AvgIpc) is 3.11. The topological polar surface area (TPSA) is 58.5 Å². The van der Waals surface area contributed by atoms with E-state index in [1.807, 2.05) is 18.4 Å². The van der Waals surface area contributed by atoms with Gasteiger partial charge in [-0.2, -0.15) is 13.2 Å². The fourth-order valence-electron chi connectivity index (χ4n) is 2.02. The fraction of sp³-hybridized carbons (Fsp3) is 0.412. The van der Waals surface area contributed by atoms with Crippen LogP contribution in [0.25, 0.3) is 0 Å². The molecule has 0 atom stereocenters. The number of ether oxygens (including phenoxy) is 1. The molecule has 142 valence electrons. The highest BCUT2D eigenvalue weighted by Crippen LogP contribution is 2.17.